The van der Waals surface area contributed by atoms with E-state index in [0.29, 0.717) is 16.6 Å². The molecule has 0 aliphatic heterocycles. The van der Waals surface area contributed by atoms with Crippen LogP contribution in [0.5, 0.6) is 0 Å². The van der Waals surface area contributed by atoms with Crippen molar-refractivity contribution in [3.63, 3.8) is 0 Å². The number of carbonyl (C=O) groups excluding carboxylic acids is 1. The van der Waals surface area contributed by atoms with Crippen molar-refractivity contribution in [3.05, 3.63) is 34.1 Å². The van der Waals surface area contributed by atoms with Crippen molar-refractivity contribution in [2.45, 2.75) is 32.9 Å². The van der Waals surface area contributed by atoms with Crippen LogP contribution in [-0.2, 0) is 4.79 Å². The van der Waals surface area contributed by atoms with Gasteiger partial charge in [0, 0.05) is 22.6 Å². The number of rotatable bonds is 5. The van der Waals surface area contributed by atoms with Crippen LogP contribution in [0.1, 0.15) is 32.4 Å². The van der Waals surface area contributed by atoms with Gasteiger partial charge in [-0.15, -0.1) is 0 Å². The molecule has 0 saturated heterocycles. The van der Waals surface area contributed by atoms with E-state index >= 15 is 0 Å². The molecule has 0 saturated carbocycles. The summed E-state index contributed by atoms with van der Waals surface area (Å²) >= 11 is 3.22. The van der Waals surface area contributed by atoms with Gasteiger partial charge < -0.3 is 5.32 Å². The molecule has 0 aliphatic rings. The molecule has 0 aliphatic carbocycles. The SMILES string of the molecule is CCNC(=O)C(C)NC(C)c1ccc(Br)cc1F. The summed E-state index contributed by atoms with van der Waals surface area (Å²) in [4.78, 5) is 11.6. The molecule has 0 bridgehead atoms. The van der Waals surface area contributed by atoms with Crippen LogP contribution >= 0.6 is 15.9 Å². The highest BCUT2D eigenvalue weighted by atomic mass is 79.9. The first-order valence-corrected chi connectivity index (χ1v) is 6.73. The number of nitrogens with one attached hydrogen (secondary N) is 2. The third-order valence-electron chi connectivity index (χ3n) is 2.67. The number of amides is 1. The molecular weight excluding hydrogens is 299 g/mol. The molecule has 0 aromatic heterocycles. The molecule has 0 radical (unpaired) electrons. The van der Waals surface area contributed by atoms with E-state index in [2.05, 4.69) is 26.6 Å². The Morgan fingerprint density at radius 2 is 2.11 bits per heavy atom. The van der Waals surface area contributed by atoms with Gasteiger partial charge in [0.2, 0.25) is 5.91 Å². The molecule has 2 atom stereocenters. The number of hydrogen-bond acceptors (Lipinski definition) is 2. The molecule has 0 spiro atoms. The molecule has 100 valence electrons. The summed E-state index contributed by atoms with van der Waals surface area (Å²) in [6.07, 6.45) is 0. The minimum atomic E-state index is -0.358. The highest BCUT2D eigenvalue weighted by Gasteiger charge is 2.17. The molecule has 3 nitrogen and oxygen atoms in total. The topological polar surface area (TPSA) is 41.1 Å². The van der Waals surface area contributed by atoms with E-state index < -0.39 is 0 Å². The first kappa shape index (κ1) is 15.1. The van der Waals surface area contributed by atoms with E-state index in [1.54, 1.807) is 19.1 Å². The second-order valence-electron chi connectivity index (χ2n) is 4.17. The first-order valence-electron chi connectivity index (χ1n) is 5.94. The standard InChI is InChI=1S/C13H18BrFN2O/c1-4-16-13(18)9(3)17-8(2)11-6-5-10(14)7-12(11)15/h5-9,17H,4H2,1-3H3,(H,16,18). The summed E-state index contributed by atoms with van der Waals surface area (Å²) in [6.45, 7) is 6.05. The number of hydrogen-bond donors (Lipinski definition) is 2. The van der Waals surface area contributed by atoms with Crippen molar-refractivity contribution in [2.75, 3.05) is 6.54 Å². The number of benzene rings is 1. The fourth-order valence-electron chi connectivity index (χ4n) is 1.72. The van der Waals surface area contributed by atoms with E-state index in [4.69, 9.17) is 0 Å². The van der Waals surface area contributed by atoms with E-state index in [9.17, 15) is 9.18 Å². The molecule has 5 heteroatoms. The van der Waals surface area contributed by atoms with Crippen LogP contribution in [0.25, 0.3) is 0 Å². The van der Waals surface area contributed by atoms with Crippen molar-refractivity contribution in [1.29, 1.82) is 0 Å². The van der Waals surface area contributed by atoms with Crippen molar-refractivity contribution in [3.8, 4) is 0 Å². The fourth-order valence-corrected chi connectivity index (χ4v) is 2.05. The third-order valence-corrected chi connectivity index (χ3v) is 3.17. The summed E-state index contributed by atoms with van der Waals surface area (Å²) in [7, 11) is 0. The van der Waals surface area contributed by atoms with Crippen LogP contribution < -0.4 is 10.6 Å². The van der Waals surface area contributed by atoms with E-state index in [1.165, 1.54) is 6.07 Å². The number of halogens is 2. The minimum Gasteiger partial charge on any atom is -0.355 e. The van der Waals surface area contributed by atoms with E-state index in [0.717, 1.165) is 0 Å². The molecule has 1 amide bonds. The molecule has 2 N–H and O–H groups in total. The number of carbonyl (C=O) groups is 1. The lowest BCUT2D eigenvalue weighted by Gasteiger charge is -2.20. The quantitative estimate of drug-likeness (QED) is 0.877. The maximum absolute atomic E-state index is 13.7. The average Bonchev–Trinajstić information content (AvgIpc) is 2.28. The van der Waals surface area contributed by atoms with Crippen molar-refractivity contribution >= 4 is 21.8 Å². The third kappa shape index (κ3) is 4.07. The second kappa shape index (κ2) is 6.85. The van der Waals surface area contributed by atoms with Gasteiger partial charge in [-0.1, -0.05) is 22.0 Å². The minimum absolute atomic E-state index is 0.0816. The molecule has 18 heavy (non-hydrogen) atoms. The Balaban J connectivity index is 2.70. The average molecular weight is 317 g/mol. The van der Waals surface area contributed by atoms with Crippen molar-refractivity contribution in [1.82, 2.24) is 10.6 Å². The summed E-state index contributed by atoms with van der Waals surface area (Å²) < 4.78 is 14.4. The molecule has 1 aromatic rings. The Bertz CT molecular complexity index is 425. The predicted molar refractivity (Wildman–Crippen MR) is 73.8 cm³/mol. The van der Waals surface area contributed by atoms with Crippen molar-refractivity contribution < 1.29 is 9.18 Å². The molecule has 0 fully saturated rings. The van der Waals surface area contributed by atoms with E-state index in [1.807, 2.05) is 13.8 Å². The smallest absolute Gasteiger partial charge is 0.236 e. The van der Waals surface area contributed by atoms with Gasteiger partial charge in [0.05, 0.1) is 6.04 Å². The van der Waals surface area contributed by atoms with Gasteiger partial charge in [-0.25, -0.2) is 4.39 Å². The predicted octanol–water partition coefficient (Wildman–Crippen LogP) is 2.76. The molecule has 1 aromatic carbocycles. The molecule has 2 unspecified atom stereocenters. The molecule has 0 heterocycles. The van der Waals surface area contributed by atoms with Gasteiger partial charge in [0.25, 0.3) is 0 Å². The summed E-state index contributed by atoms with van der Waals surface area (Å²) in [5, 5.41) is 5.80. The highest BCUT2D eigenvalue weighted by Crippen LogP contribution is 2.21. The van der Waals surface area contributed by atoms with Crippen LogP contribution in [-0.4, -0.2) is 18.5 Å². The summed E-state index contributed by atoms with van der Waals surface area (Å²) in [5.74, 6) is -0.366. The largest absolute Gasteiger partial charge is 0.355 e. The van der Waals surface area contributed by atoms with Gasteiger partial charge in [0.1, 0.15) is 5.82 Å². The van der Waals surface area contributed by atoms with Gasteiger partial charge in [-0.2, -0.15) is 0 Å². The zero-order valence-electron chi connectivity index (χ0n) is 10.8. The Morgan fingerprint density at radius 3 is 2.67 bits per heavy atom. The molecule has 1 rings (SSSR count). The number of likely N-dealkylation sites (N-methyl/N-ethyl adjacent to an activating group) is 1. The normalized spacial score (nSPS) is 14.1. The Morgan fingerprint density at radius 1 is 1.44 bits per heavy atom. The first-order chi connectivity index (χ1) is 8.45. The van der Waals surface area contributed by atoms with Gasteiger partial charge in [0.15, 0.2) is 0 Å². The van der Waals surface area contributed by atoms with Crippen LogP contribution in [0.15, 0.2) is 22.7 Å². The van der Waals surface area contributed by atoms with Crippen LogP contribution in [0.2, 0.25) is 0 Å². The lowest BCUT2D eigenvalue weighted by molar-refractivity contribution is -0.122. The Kier molecular flexibility index (Phi) is 5.75. The van der Waals surface area contributed by atoms with Gasteiger partial charge in [-0.05, 0) is 32.9 Å². The van der Waals surface area contributed by atoms with Crippen molar-refractivity contribution in [2.24, 2.45) is 0 Å². The fraction of sp³-hybridized carbons (Fsp3) is 0.462. The van der Waals surface area contributed by atoms with E-state index in [-0.39, 0.29) is 23.8 Å². The van der Waals surface area contributed by atoms with Gasteiger partial charge >= 0.3 is 0 Å². The summed E-state index contributed by atoms with van der Waals surface area (Å²) in [5.41, 5.74) is 0.550. The lowest BCUT2D eigenvalue weighted by atomic mass is 10.1. The Labute approximate surface area is 115 Å². The Hall–Kier alpha value is -0.940. The summed E-state index contributed by atoms with van der Waals surface area (Å²) in [6, 6.07) is 4.33. The maximum Gasteiger partial charge on any atom is 0.236 e. The molecular formula is C13H18BrFN2O. The monoisotopic (exact) mass is 316 g/mol. The van der Waals surface area contributed by atoms with Crippen LogP contribution in [0, 0.1) is 5.82 Å². The van der Waals surface area contributed by atoms with Crippen LogP contribution in [0.4, 0.5) is 4.39 Å². The highest BCUT2D eigenvalue weighted by molar-refractivity contribution is 9.10. The van der Waals surface area contributed by atoms with Crippen LogP contribution in [0.3, 0.4) is 0 Å². The maximum atomic E-state index is 13.7. The van der Waals surface area contributed by atoms with Gasteiger partial charge in [-0.3, -0.25) is 10.1 Å². The zero-order valence-corrected chi connectivity index (χ0v) is 12.3. The lowest BCUT2D eigenvalue weighted by Crippen LogP contribution is -2.43. The second-order valence-corrected chi connectivity index (χ2v) is 5.09. The zero-order chi connectivity index (χ0) is 13.7.